The first kappa shape index (κ1) is 23.8. The van der Waals surface area contributed by atoms with Gasteiger partial charge in [-0.3, -0.25) is 4.79 Å². The number of likely N-dealkylation sites (tertiary alicyclic amines) is 1. The number of ether oxygens (including phenoxy) is 1. The standard InChI is InChI=1S/C23H29Cl2N3O3/c1-16(29)27-22-7-6-19(25)12-23(22)31-15-21(30)13-26-20-8-10-28(11-9-20)14-17-2-4-18(24)5-3-17/h2-7,12,20-21,26,30H,8-11,13-15H2,1H3,(H,27,29)/p+2. The summed E-state index contributed by atoms with van der Waals surface area (Å²) in [6.45, 7) is 5.43. The van der Waals surface area contributed by atoms with Crippen molar-refractivity contribution in [2.24, 2.45) is 0 Å². The molecule has 5 N–H and O–H groups in total. The lowest BCUT2D eigenvalue weighted by molar-refractivity contribution is -0.926. The van der Waals surface area contributed by atoms with E-state index in [9.17, 15) is 9.90 Å². The molecular formula is C23H31Cl2N3O3+2. The number of benzene rings is 2. The molecule has 0 radical (unpaired) electrons. The first-order valence-corrected chi connectivity index (χ1v) is 11.4. The monoisotopic (exact) mass is 467 g/mol. The van der Waals surface area contributed by atoms with Crippen LogP contribution in [0.3, 0.4) is 0 Å². The molecule has 0 aromatic heterocycles. The summed E-state index contributed by atoms with van der Waals surface area (Å²) in [7, 11) is 0. The summed E-state index contributed by atoms with van der Waals surface area (Å²) >= 11 is 12.0. The average Bonchev–Trinajstić information content (AvgIpc) is 2.74. The summed E-state index contributed by atoms with van der Waals surface area (Å²) < 4.78 is 5.73. The van der Waals surface area contributed by atoms with E-state index in [-0.39, 0.29) is 12.5 Å². The molecule has 2 aromatic rings. The largest absolute Gasteiger partial charge is 0.488 e. The number of nitrogens with one attached hydrogen (secondary N) is 2. The highest BCUT2D eigenvalue weighted by Gasteiger charge is 2.25. The van der Waals surface area contributed by atoms with Crippen LogP contribution in [0.4, 0.5) is 5.69 Å². The molecule has 0 saturated carbocycles. The Bertz CT molecular complexity index is 856. The van der Waals surface area contributed by atoms with Crippen LogP contribution in [0.25, 0.3) is 0 Å². The van der Waals surface area contributed by atoms with Crippen molar-refractivity contribution in [1.29, 1.82) is 0 Å². The lowest BCUT2D eigenvalue weighted by Crippen LogP contribution is -3.13. The SMILES string of the molecule is CC(=O)Nc1ccc(Cl)cc1OCC(O)C[NH2+]C1CC[NH+](Cc2ccc(Cl)cc2)CC1. The summed E-state index contributed by atoms with van der Waals surface area (Å²) in [6.07, 6.45) is 1.64. The second-order valence-electron chi connectivity index (χ2n) is 8.15. The number of anilines is 1. The second kappa shape index (κ2) is 11.7. The molecule has 31 heavy (non-hydrogen) atoms. The maximum atomic E-state index is 11.3. The molecule has 1 unspecified atom stereocenters. The lowest BCUT2D eigenvalue weighted by atomic mass is 10.0. The normalized spacial score (nSPS) is 19.6. The van der Waals surface area contributed by atoms with Crippen molar-refractivity contribution in [3.05, 3.63) is 58.1 Å². The Morgan fingerprint density at radius 3 is 2.55 bits per heavy atom. The predicted molar refractivity (Wildman–Crippen MR) is 123 cm³/mol. The third-order valence-electron chi connectivity index (χ3n) is 5.53. The number of carbonyl (C=O) groups excluding carboxylic acids is 1. The minimum atomic E-state index is -0.608. The maximum Gasteiger partial charge on any atom is 0.221 e. The van der Waals surface area contributed by atoms with Gasteiger partial charge in [-0.25, -0.2) is 0 Å². The molecule has 1 aliphatic rings. The van der Waals surface area contributed by atoms with E-state index in [1.54, 1.807) is 23.1 Å². The van der Waals surface area contributed by atoms with E-state index in [0.29, 0.717) is 29.0 Å². The molecule has 0 aliphatic carbocycles. The minimum absolute atomic E-state index is 0.143. The number of halogens is 2. The minimum Gasteiger partial charge on any atom is -0.488 e. The van der Waals surface area contributed by atoms with Crippen LogP contribution in [0.1, 0.15) is 25.3 Å². The molecule has 0 spiro atoms. The van der Waals surface area contributed by atoms with Crippen LogP contribution in [-0.4, -0.2) is 49.4 Å². The van der Waals surface area contributed by atoms with E-state index in [2.05, 4.69) is 22.8 Å². The zero-order valence-electron chi connectivity index (χ0n) is 17.7. The fraction of sp³-hybridized carbons (Fsp3) is 0.435. The zero-order valence-corrected chi connectivity index (χ0v) is 19.3. The number of aliphatic hydroxyl groups is 1. The number of carbonyl (C=O) groups is 1. The van der Waals surface area contributed by atoms with Gasteiger partial charge in [0.1, 0.15) is 31.5 Å². The highest BCUT2D eigenvalue weighted by Crippen LogP contribution is 2.28. The smallest absolute Gasteiger partial charge is 0.221 e. The molecular weight excluding hydrogens is 437 g/mol. The molecule has 168 valence electrons. The number of hydrogen-bond acceptors (Lipinski definition) is 3. The van der Waals surface area contributed by atoms with Crippen molar-refractivity contribution < 1.29 is 24.9 Å². The van der Waals surface area contributed by atoms with E-state index in [1.807, 2.05) is 12.1 Å². The van der Waals surface area contributed by atoms with E-state index in [4.69, 9.17) is 27.9 Å². The third kappa shape index (κ3) is 7.98. The van der Waals surface area contributed by atoms with E-state index in [0.717, 1.165) is 37.5 Å². The van der Waals surface area contributed by atoms with E-state index >= 15 is 0 Å². The summed E-state index contributed by atoms with van der Waals surface area (Å²) in [5.74, 6) is 0.270. The van der Waals surface area contributed by atoms with Crippen molar-refractivity contribution >= 4 is 34.8 Å². The molecule has 2 aromatic carbocycles. The molecule has 8 heteroatoms. The van der Waals surface area contributed by atoms with Crippen LogP contribution >= 0.6 is 23.2 Å². The first-order chi connectivity index (χ1) is 14.9. The van der Waals surface area contributed by atoms with Gasteiger partial charge in [0.05, 0.1) is 24.8 Å². The number of amides is 1. The quantitative estimate of drug-likeness (QED) is 0.451. The van der Waals surface area contributed by atoms with Crippen LogP contribution < -0.4 is 20.3 Å². The molecule has 1 aliphatic heterocycles. The van der Waals surface area contributed by atoms with Gasteiger partial charge in [-0.15, -0.1) is 0 Å². The predicted octanol–water partition coefficient (Wildman–Crippen LogP) is 1.50. The Morgan fingerprint density at radius 2 is 1.87 bits per heavy atom. The van der Waals surface area contributed by atoms with Gasteiger partial charge in [-0.2, -0.15) is 0 Å². The Morgan fingerprint density at radius 1 is 1.19 bits per heavy atom. The van der Waals surface area contributed by atoms with E-state index in [1.165, 1.54) is 12.5 Å². The molecule has 3 rings (SSSR count). The van der Waals surface area contributed by atoms with Crippen molar-refractivity contribution in [2.45, 2.75) is 38.5 Å². The van der Waals surface area contributed by atoms with E-state index < -0.39 is 6.10 Å². The second-order valence-corrected chi connectivity index (χ2v) is 9.02. The molecule has 1 atom stereocenters. The Labute approximate surface area is 193 Å². The molecule has 6 nitrogen and oxygen atoms in total. The third-order valence-corrected chi connectivity index (χ3v) is 6.02. The molecule has 0 bridgehead atoms. The van der Waals surface area contributed by atoms with Crippen LogP contribution in [0.5, 0.6) is 5.75 Å². The molecule has 1 amide bonds. The van der Waals surface area contributed by atoms with Gasteiger partial charge >= 0.3 is 0 Å². The number of quaternary nitrogens is 2. The highest BCUT2D eigenvalue weighted by atomic mass is 35.5. The molecule has 1 fully saturated rings. The van der Waals surface area contributed by atoms with Crippen LogP contribution in [-0.2, 0) is 11.3 Å². The van der Waals surface area contributed by atoms with Gasteiger partial charge in [0, 0.05) is 41.4 Å². The van der Waals surface area contributed by atoms with Gasteiger partial charge < -0.3 is 25.4 Å². The summed E-state index contributed by atoms with van der Waals surface area (Å²) in [4.78, 5) is 12.9. The maximum absolute atomic E-state index is 11.3. The Kier molecular flexibility index (Phi) is 8.99. The summed E-state index contributed by atoms with van der Waals surface area (Å²) in [5, 5.41) is 16.6. The average molecular weight is 468 g/mol. The van der Waals surface area contributed by atoms with Gasteiger partial charge in [0.25, 0.3) is 0 Å². The van der Waals surface area contributed by atoms with Crippen molar-refractivity contribution in [3.63, 3.8) is 0 Å². The van der Waals surface area contributed by atoms with Gasteiger partial charge in [-0.1, -0.05) is 35.3 Å². The molecule has 1 saturated heterocycles. The number of rotatable bonds is 9. The van der Waals surface area contributed by atoms with Gasteiger partial charge in [0.2, 0.25) is 5.91 Å². The first-order valence-electron chi connectivity index (χ1n) is 10.7. The van der Waals surface area contributed by atoms with Crippen molar-refractivity contribution in [2.75, 3.05) is 31.6 Å². The topological polar surface area (TPSA) is 79.6 Å². The Balaban J connectivity index is 1.38. The van der Waals surface area contributed by atoms with Crippen LogP contribution in [0.15, 0.2) is 42.5 Å². The van der Waals surface area contributed by atoms with Crippen LogP contribution in [0.2, 0.25) is 10.0 Å². The lowest BCUT2D eigenvalue weighted by Gasteiger charge is -2.28. The number of nitrogens with two attached hydrogens (primary N) is 1. The van der Waals surface area contributed by atoms with Crippen molar-refractivity contribution in [3.8, 4) is 5.75 Å². The van der Waals surface area contributed by atoms with Gasteiger partial charge in [-0.05, 0) is 24.3 Å². The fourth-order valence-corrected chi connectivity index (χ4v) is 4.15. The van der Waals surface area contributed by atoms with Crippen LogP contribution in [0, 0.1) is 0 Å². The van der Waals surface area contributed by atoms with Gasteiger partial charge in [0.15, 0.2) is 0 Å². The summed E-state index contributed by atoms with van der Waals surface area (Å²) in [6, 6.07) is 13.6. The zero-order chi connectivity index (χ0) is 22.2. The summed E-state index contributed by atoms with van der Waals surface area (Å²) in [5.41, 5.74) is 1.86. The number of hydrogen-bond donors (Lipinski definition) is 4. The fourth-order valence-electron chi connectivity index (χ4n) is 3.86. The number of piperidine rings is 1. The molecule has 1 heterocycles. The number of aliphatic hydroxyl groups excluding tert-OH is 1. The Hall–Kier alpha value is -1.83. The van der Waals surface area contributed by atoms with Crippen molar-refractivity contribution in [1.82, 2.24) is 0 Å². The highest BCUT2D eigenvalue weighted by molar-refractivity contribution is 6.31.